The Labute approximate surface area is 109 Å². The lowest BCUT2D eigenvalue weighted by atomic mass is 9.86. The number of carboxylic acids is 1. The Kier molecular flexibility index (Phi) is 4.99. The van der Waals surface area contributed by atoms with Crippen molar-refractivity contribution in [3.63, 3.8) is 0 Å². The van der Waals surface area contributed by atoms with E-state index in [-0.39, 0.29) is 6.61 Å². The van der Waals surface area contributed by atoms with Gasteiger partial charge >= 0.3 is 11.9 Å². The van der Waals surface area contributed by atoms with E-state index >= 15 is 0 Å². The van der Waals surface area contributed by atoms with Crippen molar-refractivity contribution in [2.24, 2.45) is 11.8 Å². The Morgan fingerprint density at radius 2 is 2.26 bits per heavy atom. The van der Waals surface area contributed by atoms with Crippen LogP contribution in [0.25, 0.3) is 0 Å². The van der Waals surface area contributed by atoms with E-state index in [1.807, 2.05) is 0 Å². The third-order valence-corrected chi connectivity index (χ3v) is 3.11. The van der Waals surface area contributed by atoms with Crippen LogP contribution >= 0.6 is 0 Å². The molecule has 0 saturated carbocycles. The fraction of sp³-hybridized carbons (Fsp3) is 0.667. The number of ether oxygens (including phenoxy) is 1. The largest absolute Gasteiger partial charge is 0.481 e. The zero-order valence-electron chi connectivity index (χ0n) is 10.6. The lowest BCUT2D eigenvalue weighted by Crippen LogP contribution is -2.42. The van der Waals surface area contributed by atoms with Gasteiger partial charge in [-0.2, -0.15) is 0 Å². The summed E-state index contributed by atoms with van der Waals surface area (Å²) in [6.45, 7) is 4.12. The molecule has 3 atom stereocenters. The van der Waals surface area contributed by atoms with E-state index in [4.69, 9.17) is 9.84 Å². The predicted octanol–water partition coefficient (Wildman–Crippen LogP) is 1.05. The highest BCUT2D eigenvalue weighted by atomic mass is 19.3. The van der Waals surface area contributed by atoms with Crippen LogP contribution in [0.15, 0.2) is 12.7 Å². The molecule has 2 unspecified atom stereocenters. The minimum absolute atomic E-state index is 0.0379. The van der Waals surface area contributed by atoms with Crippen LogP contribution in [-0.4, -0.2) is 42.2 Å². The van der Waals surface area contributed by atoms with Gasteiger partial charge in [0.1, 0.15) is 6.61 Å². The highest BCUT2D eigenvalue weighted by molar-refractivity contribution is 5.81. The Morgan fingerprint density at radius 3 is 2.68 bits per heavy atom. The molecule has 1 aliphatic rings. The lowest BCUT2D eigenvalue weighted by Gasteiger charge is -2.24. The van der Waals surface area contributed by atoms with Gasteiger partial charge in [0.05, 0.1) is 18.4 Å². The van der Waals surface area contributed by atoms with Crippen molar-refractivity contribution in [1.82, 2.24) is 5.32 Å². The molecule has 0 aromatic heterocycles. The van der Waals surface area contributed by atoms with E-state index in [1.54, 1.807) is 0 Å². The van der Waals surface area contributed by atoms with Crippen LogP contribution in [0.3, 0.4) is 0 Å². The third kappa shape index (κ3) is 3.99. The fourth-order valence-electron chi connectivity index (χ4n) is 2.15. The van der Waals surface area contributed by atoms with Gasteiger partial charge in [-0.3, -0.25) is 9.59 Å². The highest BCUT2D eigenvalue weighted by Gasteiger charge is 2.47. The SMILES string of the molecule is C=CCOC(=O)[C@H](C)C(C(=O)O)C1CC(F)(F)CN1. The average Bonchev–Trinajstić information content (AvgIpc) is 2.65. The van der Waals surface area contributed by atoms with Crippen molar-refractivity contribution in [1.29, 1.82) is 0 Å². The van der Waals surface area contributed by atoms with Gasteiger partial charge in [-0.1, -0.05) is 19.6 Å². The molecule has 0 spiro atoms. The summed E-state index contributed by atoms with van der Waals surface area (Å²) in [6.07, 6.45) is 0.755. The molecule has 0 aromatic rings. The van der Waals surface area contributed by atoms with E-state index in [9.17, 15) is 18.4 Å². The summed E-state index contributed by atoms with van der Waals surface area (Å²) >= 11 is 0. The summed E-state index contributed by atoms with van der Waals surface area (Å²) in [7, 11) is 0. The molecule has 0 aliphatic carbocycles. The fourth-order valence-corrected chi connectivity index (χ4v) is 2.15. The molecule has 5 nitrogen and oxygen atoms in total. The normalized spacial score (nSPS) is 24.5. The average molecular weight is 277 g/mol. The summed E-state index contributed by atoms with van der Waals surface area (Å²) in [6, 6.07) is -0.946. The number of alkyl halides is 2. The highest BCUT2D eigenvalue weighted by Crippen LogP contribution is 2.32. The number of nitrogens with one attached hydrogen (secondary N) is 1. The molecule has 1 rings (SSSR count). The summed E-state index contributed by atoms with van der Waals surface area (Å²) in [5, 5.41) is 11.6. The molecule has 0 amide bonds. The number of carboxylic acid groups (broad SMARTS) is 1. The minimum Gasteiger partial charge on any atom is -0.481 e. The van der Waals surface area contributed by atoms with Crippen LogP contribution in [-0.2, 0) is 14.3 Å². The van der Waals surface area contributed by atoms with Crippen LogP contribution in [0.1, 0.15) is 13.3 Å². The van der Waals surface area contributed by atoms with E-state index in [2.05, 4.69) is 11.9 Å². The smallest absolute Gasteiger partial charge is 0.309 e. The first kappa shape index (κ1) is 15.6. The van der Waals surface area contributed by atoms with Crippen molar-refractivity contribution in [3.05, 3.63) is 12.7 Å². The Bertz CT molecular complexity index is 373. The first-order valence-corrected chi connectivity index (χ1v) is 5.90. The summed E-state index contributed by atoms with van der Waals surface area (Å²) < 4.78 is 31.0. The summed E-state index contributed by atoms with van der Waals surface area (Å²) in [5.74, 6) is -7.22. The summed E-state index contributed by atoms with van der Waals surface area (Å²) in [5.41, 5.74) is 0. The topological polar surface area (TPSA) is 75.6 Å². The second-order valence-corrected chi connectivity index (χ2v) is 4.62. The van der Waals surface area contributed by atoms with Gasteiger partial charge in [0, 0.05) is 12.5 Å². The maximum Gasteiger partial charge on any atom is 0.309 e. The van der Waals surface area contributed by atoms with Crippen molar-refractivity contribution in [2.45, 2.75) is 25.3 Å². The van der Waals surface area contributed by atoms with Gasteiger partial charge in [-0.25, -0.2) is 8.78 Å². The maximum atomic E-state index is 13.1. The predicted molar refractivity (Wildman–Crippen MR) is 62.8 cm³/mol. The Hall–Kier alpha value is -1.50. The molecule has 108 valence electrons. The maximum absolute atomic E-state index is 13.1. The van der Waals surface area contributed by atoms with Gasteiger partial charge in [-0.05, 0) is 0 Å². The number of halogens is 2. The van der Waals surface area contributed by atoms with E-state index in [1.165, 1.54) is 13.0 Å². The third-order valence-electron chi connectivity index (χ3n) is 3.11. The van der Waals surface area contributed by atoms with Crippen LogP contribution in [0.5, 0.6) is 0 Å². The Morgan fingerprint density at radius 1 is 1.63 bits per heavy atom. The van der Waals surface area contributed by atoms with Crippen molar-refractivity contribution in [2.75, 3.05) is 13.2 Å². The van der Waals surface area contributed by atoms with Crippen LogP contribution in [0, 0.1) is 11.8 Å². The number of hydrogen-bond acceptors (Lipinski definition) is 4. The molecule has 2 N–H and O–H groups in total. The summed E-state index contributed by atoms with van der Waals surface area (Å²) in [4.78, 5) is 22.8. The van der Waals surface area contributed by atoms with Crippen LogP contribution in [0.4, 0.5) is 8.78 Å². The van der Waals surface area contributed by atoms with Crippen molar-refractivity contribution >= 4 is 11.9 Å². The number of aliphatic carboxylic acids is 1. The van der Waals surface area contributed by atoms with E-state index < -0.39 is 48.7 Å². The molecule has 19 heavy (non-hydrogen) atoms. The minimum atomic E-state index is -2.94. The van der Waals surface area contributed by atoms with Gasteiger partial charge in [-0.15, -0.1) is 0 Å². The van der Waals surface area contributed by atoms with Crippen LogP contribution < -0.4 is 5.32 Å². The van der Waals surface area contributed by atoms with Crippen molar-refractivity contribution < 1.29 is 28.2 Å². The molecule has 0 radical (unpaired) electrons. The Balaban J connectivity index is 2.75. The van der Waals surface area contributed by atoms with Crippen molar-refractivity contribution in [3.8, 4) is 0 Å². The number of hydrogen-bond donors (Lipinski definition) is 2. The molecule has 1 fully saturated rings. The second-order valence-electron chi connectivity index (χ2n) is 4.62. The van der Waals surface area contributed by atoms with E-state index in [0.717, 1.165) is 0 Å². The lowest BCUT2D eigenvalue weighted by molar-refractivity contribution is -0.157. The zero-order chi connectivity index (χ0) is 14.6. The molecular formula is C12H17F2NO4. The van der Waals surface area contributed by atoms with Gasteiger partial charge in [0.25, 0.3) is 5.92 Å². The molecule has 1 saturated heterocycles. The standard InChI is InChI=1S/C12H17F2NO4/c1-3-4-19-11(18)7(2)9(10(16)17)8-5-12(13,14)6-15-8/h3,7-9,15H,1,4-6H2,2H3,(H,16,17)/t7-,8?,9?/m1/s1. The number of esters is 1. The van der Waals surface area contributed by atoms with Gasteiger partial charge in [0.15, 0.2) is 0 Å². The number of rotatable bonds is 6. The first-order valence-electron chi connectivity index (χ1n) is 5.90. The van der Waals surface area contributed by atoms with Gasteiger partial charge in [0.2, 0.25) is 0 Å². The molecular weight excluding hydrogens is 260 g/mol. The number of carbonyl (C=O) groups excluding carboxylic acids is 1. The zero-order valence-corrected chi connectivity index (χ0v) is 10.6. The van der Waals surface area contributed by atoms with Crippen LogP contribution in [0.2, 0.25) is 0 Å². The second kappa shape index (κ2) is 6.10. The first-order chi connectivity index (χ1) is 8.78. The molecule has 1 aliphatic heterocycles. The molecule has 0 aromatic carbocycles. The van der Waals surface area contributed by atoms with E-state index in [0.29, 0.717) is 0 Å². The molecule has 1 heterocycles. The molecule has 0 bridgehead atoms. The monoisotopic (exact) mass is 277 g/mol. The number of carbonyl (C=O) groups is 2. The molecule has 7 heteroatoms. The van der Waals surface area contributed by atoms with Gasteiger partial charge < -0.3 is 15.2 Å². The quantitative estimate of drug-likeness (QED) is 0.560.